The van der Waals surface area contributed by atoms with Crippen molar-refractivity contribution in [3.63, 3.8) is 0 Å². The number of fused-ring (bicyclic) bond motifs is 1. The molecule has 1 aromatic heterocycles. The number of rotatable bonds is 6. The molecule has 0 unspecified atom stereocenters. The first-order valence-corrected chi connectivity index (χ1v) is 8.94. The van der Waals surface area contributed by atoms with Crippen molar-refractivity contribution in [1.29, 1.82) is 0 Å². The smallest absolute Gasteiger partial charge is 0.305 e. The van der Waals surface area contributed by atoms with E-state index in [4.69, 9.17) is 0 Å². The largest absolute Gasteiger partial charge is 0.469 e. The second kappa shape index (κ2) is 8.14. The van der Waals surface area contributed by atoms with E-state index in [-0.39, 0.29) is 11.9 Å². The monoisotopic (exact) mass is 343 g/mol. The van der Waals surface area contributed by atoms with Gasteiger partial charge in [-0.25, -0.2) is 4.98 Å². The van der Waals surface area contributed by atoms with Crippen LogP contribution in [0.2, 0.25) is 0 Å². The summed E-state index contributed by atoms with van der Waals surface area (Å²) in [6, 6.07) is 8.03. The lowest BCUT2D eigenvalue weighted by Crippen LogP contribution is -2.40. The SMILES string of the molecule is COC(=O)CCCC(=O)N1CCC[C@H](Cc2nc3ccccc3[nH]2)C1. The normalized spacial score (nSPS) is 17.6. The number of hydrogen-bond donors (Lipinski definition) is 1. The van der Waals surface area contributed by atoms with Crippen molar-refractivity contribution >= 4 is 22.9 Å². The maximum absolute atomic E-state index is 12.4. The van der Waals surface area contributed by atoms with Crippen molar-refractivity contribution in [3.05, 3.63) is 30.1 Å². The van der Waals surface area contributed by atoms with Gasteiger partial charge >= 0.3 is 5.97 Å². The first kappa shape index (κ1) is 17.5. The van der Waals surface area contributed by atoms with E-state index in [2.05, 4.69) is 14.7 Å². The number of aromatic amines is 1. The van der Waals surface area contributed by atoms with Gasteiger partial charge in [0.1, 0.15) is 5.82 Å². The van der Waals surface area contributed by atoms with Crippen LogP contribution < -0.4 is 0 Å². The summed E-state index contributed by atoms with van der Waals surface area (Å²) in [5.41, 5.74) is 2.05. The number of piperidine rings is 1. The van der Waals surface area contributed by atoms with E-state index >= 15 is 0 Å². The molecule has 0 saturated carbocycles. The van der Waals surface area contributed by atoms with E-state index in [1.54, 1.807) is 0 Å². The number of nitrogens with zero attached hydrogens (tertiary/aromatic N) is 2. The van der Waals surface area contributed by atoms with Crippen LogP contribution in [0.3, 0.4) is 0 Å². The molecule has 0 aliphatic carbocycles. The molecule has 0 bridgehead atoms. The van der Waals surface area contributed by atoms with Crippen molar-refractivity contribution in [2.45, 2.75) is 38.5 Å². The Kier molecular flexibility index (Phi) is 5.68. The van der Waals surface area contributed by atoms with Gasteiger partial charge in [0.15, 0.2) is 0 Å². The Labute approximate surface area is 147 Å². The first-order valence-electron chi connectivity index (χ1n) is 8.94. The quantitative estimate of drug-likeness (QED) is 0.818. The van der Waals surface area contributed by atoms with Gasteiger partial charge in [0, 0.05) is 32.4 Å². The zero-order chi connectivity index (χ0) is 17.6. The van der Waals surface area contributed by atoms with Crippen LogP contribution in [0.5, 0.6) is 0 Å². The number of hydrogen-bond acceptors (Lipinski definition) is 4. The van der Waals surface area contributed by atoms with Crippen LogP contribution in [0, 0.1) is 5.92 Å². The highest BCUT2D eigenvalue weighted by atomic mass is 16.5. The Hall–Kier alpha value is -2.37. The molecule has 134 valence electrons. The molecule has 2 heterocycles. The number of imidazole rings is 1. The van der Waals surface area contributed by atoms with E-state index in [1.165, 1.54) is 7.11 Å². The van der Waals surface area contributed by atoms with E-state index < -0.39 is 0 Å². The predicted octanol–water partition coefficient (Wildman–Crippen LogP) is 2.69. The molecule has 1 N–H and O–H groups in total. The number of carbonyl (C=O) groups is 2. The Bertz CT molecular complexity index is 707. The number of esters is 1. The molecule has 0 spiro atoms. The third kappa shape index (κ3) is 4.59. The Morgan fingerprint density at radius 1 is 1.32 bits per heavy atom. The van der Waals surface area contributed by atoms with Crippen molar-refractivity contribution in [2.24, 2.45) is 5.92 Å². The zero-order valence-electron chi connectivity index (χ0n) is 14.7. The number of H-pyrrole nitrogens is 1. The summed E-state index contributed by atoms with van der Waals surface area (Å²) in [7, 11) is 1.37. The van der Waals surface area contributed by atoms with Gasteiger partial charge in [-0.15, -0.1) is 0 Å². The topological polar surface area (TPSA) is 75.3 Å². The average Bonchev–Trinajstić information content (AvgIpc) is 3.03. The summed E-state index contributed by atoms with van der Waals surface area (Å²) in [6.07, 6.45) is 4.26. The first-order chi connectivity index (χ1) is 12.2. The molecule has 3 rings (SSSR count). The number of amides is 1. The fourth-order valence-corrected chi connectivity index (χ4v) is 3.48. The molecular weight excluding hydrogens is 318 g/mol. The standard InChI is InChI=1S/C19H25N3O3/c1-25-19(24)10-4-9-18(23)22-11-5-6-14(13-22)12-17-20-15-7-2-3-8-16(15)21-17/h2-3,7-8,14H,4-6,9-13H2,1H3,(H,20,21)/t14-/m1/s1. The summed E-state index contributed by atoms with van der Waals surface area (Å²) in [5.74, 6) is 1.30. The lowest BCUT2D eigenvalue weighted by atomic mass is 9.94. The number of para-hydroxylation sites is 2. The van der Waals surface area contributed by atoms with Crippen LogP contribution in [0.1, 0.15) is 37.9 Å². The molecular formula is C19H25N3O3. The summed E-state index contributed by atoms with van der Waals surface area (Å²) in [6.45, 7) is 1.59. The lowest BCUT2D eigenvalue weighted by molar-refractivity contribution is -0.141. The van der Waals surface area contributed by atoms with E-state index in [1.807, 2.05) is 29.2 Å². The second-order valence-electron chi connectivity index (χ2n) is 6.68. The molecule has 1 fully saturated rings. The van der Waals surface area contributed by atoms with E-state index in [9.17, 15) is 9.59 Å². The third-order valence-corrected chi connectivity index (χ3v) is 4.79. The zero-order valence-corrected chi connectivity index (χ0v) is 14.7. The van der Waals surface area contributed by atoms with Gasteiger partial charge in [0.25, 0.3) is 0 Å². The number of carbonyl (C=O) groups excluding carboxylic acids is 2. The predicted molar refractivity (Wildman–Crippen MR) is 95.0 cm³/mol. The molecule has 25 heavy (non-hydrogen) atoms. The molecule has 0 radical (unpaired) electrons. The van der Waals surface area contributed by atoms with Crippen LogP contribution in [0.4, 0.5) is 0 Å². The molecule has 1 aliphatic rings. The number of nitrogens with one attached hydrogen (secondary N) is 1. The summed E-state index contributed by atoms with van der Waals surface area (Å²) in [4.78, 5) is 33.5. The molecule has 1 aromatic carbocycles. The molecule has 6 heteroatoms. The Balaban J connectivity index is 1.52. The third-order valence-electron chi connectivity index (χ3n) is 4.79. The fourth-order valence-electron chi connectivity index (χ4n) is 3.48. The summed E-state index contributed by atoms with van der Waals surface area (Å²) >= 11 is 0. The molecule has 1 saturated heterocycles. The highest BCUT2D eigenvalue weighted by Gasteiger charge is 2.24. The van der Waals surface area contributed by atoms with Crippen LogP contribution in [0.15, 0.2) is 24.3 Å². The average molecular weight is 343 g/mol. The van der Waals surface area contributed by atoms with Gasteiger partial charge in [-0.1, -0.05) is 12.1 Å². The minimum atomic E-state index is -0.255. The van der Waals surface area contributed by atoms with Crippen LogP contribution in [-0.4, -0.2) is 46.9 Å². The van der Waals surface area contributed by atoms with Gasteiger partial charge in [-0.05, 0) is 37.3 Å². The molecule has 6 nitrogen and oxygen atoms in total. The lowest BCUT2D eigenvalue weighted by Gasteiger charge is -2.32. The van der Waals surface area contributed by atoms with Crippen LogP contribution in [0.25, 0.3) is 11.0 Å². The van der Waals surface area contributed by atoms with E-state index in [0.717, 1.165) is 49.2 Å². The highest BCUT2D eigenvalue weighted by molar-refractivity contribution is 5.77. The van der Waals surface area contributed by atoms with Crippen LogP contribution in [-0.2, 0) is 20.7 Å². The highest BCUT2D eigenvalue weighted by Crippen LogP contribution is 2.22. The number of methoxy groups -OCH3 is 1. The van der Waals surface area contributed by atoms with Gasteiger partial charge < -0.3 is 14.6 Å². The molecule has 1 amide bonds. The van der Waals surface area contributed by atoms with Crippen molar-refractivity contribution < 1.29 is 14.3 Å². The summed E-state index contributed by atoms with van der Waals surface area (Å²) < 4.78 is 4.61. The number of aromatic nitrogens is 2. The Morgan fingerprint density at radius 3 is 2.96 bits per heavy atom. The van der Waals surface area contributed by atoms with Crippen LogP contribution >= 0.6 is 0 Å². The Morgan fingerprint density at radius 2 is 2.16 bits per heavy atom. The number of likely N-dealkylation sites (tertiary alicyclic amines) is 1. The maximum Gasteiger partial charge on any atom is 0.305 e. The van der Waals surface area contributed by atoms with Crippen molar-refractivity contribution in [3.8, 4) is 0 Å². The molecule has 1 atom stereocenters. The van der Waals surface area contributed by atoms with E-state index in [0.29, 0.717) is 25.2 Å². The fraction of sp³-hybridized carbons (Fsp3) is 0.526. The van der Waals surface area contributed by atoms with Crippen molar-refractivity contribution in [2.75, 3.05) is 20.2 Å². The van der Waals surface area contributed by atoms with Crippen molar-refractivity contribution in [1.82, 2.24) is 14.9 Å². The van der Waals surface area contributed by atoms with Gasteiger partial charge in [-0.3, -0.25) is 9.59 Å². The molecule has 1 aliphatic heterocycles. The molecule has 2 aromatic rings. The van der Waals surface area contributed by atoms with Gasteiger partial charge in [-0.2, -0.15) is 0 Å². The number of ether oxygens (including phenoxy) is 1. The minimum Gasteiger partial charge on any atom is -0.469 e. The second-order valence-corrected chi connectivity index (χ2v) is 6.68. The maximum atomic E-state index is 12.4. The van der Waals surface area contributed by atoms with Gasteiger partial charge in [0.05, 0.1) is 18.1 Å². The number of benzene rings is 1. The van der Waals surface area contributed by atoms with Gasteiger partial charge in [0.2, 0.25) is 5.91 Å². The summed E-state index contributed by atoms with van der Waals surface area (Å²) in [5, 5.41) is 0. The minimum absolute atomic E-state index is 0.137.